The Labute approximate surface area is 198 Å². The molecule has 1 aliphatic heterocycles. The van der Waals surface area contributed by atoms with Crippen molar-refractivity contribution >= 4 is 24.7 Å². The summed E-state index contributed by atoms with van der Waals surface area (Å²) in [6, 6.07) is 21.2. The van der Waals surface area contributed by atoms with Gasteiger partial charge in [0.05, 0.1) is 19.8 Å². The second-order valence-electron chi connectivity index (χ2n) is 9.46. The standard InChI is InChI=1S/C28H34O4Si/c1-27(2,3)33(23-16-10-8-11-17-23,24-18-12-9-13-19-24)32-25(28(4)22-31-28)20-14-6-7-15-21-26(29)30-5/h6-21,25H,22H2,1-5H3/b7-6+,20-14+,21-15+/t25-,28-/m1/s1. The molecular weight excluding hydrogens is 428 g/mol. The molecule has 2 aromatic rings. The highest BCUT2D eigenvalue weighted by molar-refractivity contribution is 6.99. The first kappa shape index (κ1) is 24.9. The molecule has 3 rings (SSSR count). The Morgan fingerprint density at radius 1 is 0.970 bits per heavy atom. The normalized spacial score (nSPS) is 19.9. The second kappa shape index (κ2) is 10.5. The quantitative estimate of drug-likeness (QED) is 0.180. The molecule has 4 nitrogen and oxygen atoms in total. The van der Waals surface area contributed by atoms with Crippen LogP contribution in [0.15, 0.2) is 97.1 Å². The molecule has 0 bridgehead atoms. The lowest BCUT2D eigenvalue weighted by Crippen LogP contribution is -2.68. The zero-order chi connectivity index (χ0) is 24.0. The van der Waals surface area contributed by atoms with Crippen LogP contribution in [0.25, 0.3) is 0 Å². The van der Waals surface area contributed by atoms with Gasteiger partial charge < -0.3 is 13.9 Å². The minimum Gasteiger partial charge on any atom is -0.466 e. The molecule has 0 spiro atoms. The smallest absolute Gasteiger partial charge is 0.330 e. The maximum atomic E-state index is 11.2. The molecule has 0 N–H and O–H groups in total. The van der Waals surface area contributed by atoms with E-state index in [1.807, 2.05) is 24.3 Å². The molecule has 0 radical (unpaired) electrons. The van der Waals surface area contributed by atoms with Gasteiger partial charge in [-0.2, -0.15) is 0 Å². The molecule has 0 unspecified atom stereocenters. The van der Waals surface area contributed by atoms with Crippen LogP contribution in [0, 0.1) is 0 Å². The van der Waals surface area contributed by atoms with Gasteiger partial charge in [-0.05, 0) is 22.3 Å². The van der Waals surface area contributed by atoms with Gasteiger partial charge in [0.25, 0.3) is 8.32 Å². The highest BCUT2D eigenvalue weighted by Gasteiger charge is 2.56. The summed E-state index contributed by atoms with van der Waals surface area (Å²) in [5, 5.41) is 2.36. The Morgan fingerprint density at radius 2 is 1.48 bits per heavy atom. The van der Waals surface area contributed by atoms with Crippen LogP contribution in [-0.4, -0.2) is 39.7 Å². The van der Waals surface area contributed by atoms with Gasteiger partial charge in [0, 0.05) is 6.08 Å². The van der Waals surface area contributed by atoms with Crippen LogP contribution in [-0.2, 0) is 18.7 Å². The van der Waals surface area contributed by atoms with Gasteiger partial charge in [-0.25, -0.2) is 4.79 Å². The van der Waals surface area contributed by atoms with E-state index in [0.29, 0.717) is 6.61 Å². The monoisotopic (exact) mass is 462 g/mol. The first-order chi connectivity index (χ1) is 15.7. The molecule has 1 heterocycles. The van der Waals surface area contributed by atoms with Crippen molar-refractivity contribution in [2.45, 2.75) is 44.4 Å². The summed E-state index contributed by atoms with van der Waals surface area (Å²) in [5.74, 6) is -0.379. The van der Waals surface area contributed by atoms with Crippen LogP contribution in [0.2, 0.25) is 5.04 Å². The Morgan fingerprint density at radius 3 is 1.94 bits per heavy atom. The molecule has 0 aliphatic carbocycles. The van der Waals surface area contributed by atoms with E-state index in [1.165, 1.54) is 23.6 Å². The third-order valence-electron chi connectivity index (χ3n) is 5.97. The number of rotatable bonds is 9. The SMILES string of the molecule is COC(=O)/C=C/C=C/C=C/[C@@H](O[Si](c1ccccc1)(c1ccccc1)C(C)(C)C)[C@@]1(C)CO1. The predicted octanol–water partition coefficient (Wildman–Crippen LogP) is 4.56. The predicted molar refractivity (Wildman–Crippen MR) is 136 cm³/mol. The summed E-state index contributed by atoms with van der Waals surface area (Å²) in [7, 11) is -1.35. The fraction of sp³-hybridized carbons (Fsp3) is 0.321. The molecule has 1 saturated heterocycles. The number of allylic oxidation sites excluding steroid dienone is 4. The van der Waals surface area contributed by atoms with E-state index in [2.05, 4.69) is 87.0 Å². The van der Waals surface area contributed by atoms with E-state index >= 15 is 0 Å². The van der Waals surface area contributed by atoms with Gasteiger partial charge in [-0.1, -0.05) is 112 Å². The lowest BCUT2D eigenvalue weighted by atomic mass is 10.1. The second-order valence-corrected chi connectivity index (χ2v) is 13.7. The average Bonchev–Trinajstić information content (AvgIpc) is 3.56. The molecule has 33 heavy (non-hydrogen) atoms. The molecule has 2 aromatic carbocycles. The molecule has 0 amide bonds. The average molecular weight is 463 g/mol. The Bertz CT molecular complexity index is 960. The van der Waals surface area contributed by atoms with Crippen LogP contribution >= 0.6 is 0 Å². The Kier molecular flexibility index (Phi) is 7.90. The van der Waals surface area contributed by atoms with E-state index in [4.69, 9.17) is 9.16 Å². The van der Waals surface area contributed by atoms with Crippen LogP contribution in [0.4, 0.5) is 0 Å². The van der Waals surface area contributed by atoms with E-state index < -0.39 is 8.32 Å². The number of esters is 1. The van der Waals surface area contributed by atoms with Crippen molar-refractivity contribution in [2.24, 2.45) is 0 Å². The van der Waals surface area contributed by atoms with E-state index in [0.717, 1.165) is 0 Å². The summed E-state index contributed by atoms with van der Waals surface area (Å²) < 4.78 is 17.7. The largest absolute Gasteiger partial charge is 0.466 e. The lowest BCUT2D eigenvalue weighted by Gasteiger charge is -2.45. The first-order valence-corrected chi connectivity index (χ1v) is 13.2. The van der Waals surface area contributed by atoms with Crippen molar-refractivity contribution in [1.82, 2.24) is 0 Å². The van der Waals surface area contributed by atoms with Crippen LogP contribution in [0.3, 0.4) is 0 Å². The number of ether oxygens (including phenoxy) is 2. The molecule has 5 heteroatoms. The Hall–Kier alpha value is -2.73. The van der Waals surface area contributed by atoms with E-state index in [9.17, 15) is 4.79 Å². The van der Waals surface area contributed by atoms with Gasteiger partial charge in [0.1, 0.15) is 5.60 Å². The van der Waals surface area contributed by atoms with Crippen molar-refractivity contribution in [2.75, 3.05) is 13.7 Å². The van der Waals surface area contributed by atoms with Gasteiger partial charge >= 0.3 is 5.97 Å². The number of epoxide rings is 1. The van der Waals surface area contributed by atoms with Crippen molar-refractivity contribution in [3.8, 4) is 0 Å². The van der Waals surface area contributed by atoms with Gasteiger partial charge in [0.2, 0.25) is 0 Å². The highest BCUT2D eigenvalue weighted by atomic mass is 28.4. The summed E-state index contributed by atoms with van der Waals surface area (Å²) in [6.07, 6.45) is 10.5. The zero-order valence-electron chi connectivity index (χ0n) is 20.2. The molecule has 0 saturated carbocycles. The van der Waals surface area contributed by atoms with Crippen molar-refractivity contribution in [1.29, 1.82) is 0 Å². The van der Waals surface area contributed by atoms with Crippen molar-refractivity contribution in [3.63, 3.8) is 0 Å². The molecule has 1 fully saturated rings. The molecule has 2 atom stereocenters. The van der Waals surface area contributed by atoms with Gasteiger partial charge in [-0.3, -0.25) is 0 Å². The van der Waals surface area contributed by atoms with Crippen molar-refractivity contribution < 1.29 is 18.7 Å². The van der Waals surface area contributed by atoms with Crippen molar-refractivity contribution in [3.05, 3.63) is 97.1 Å². The minimum atomic E-state index is -2.71. The third-order valence-corrected chi connectivity index (χ3v) is 11.0. The van der Waals surface area contributed by atoms with Crippen LogP contribution < -0.4 is 10.4 Å². The molecule has 0 aromatic heterocycles. The van der Waals surface area contributed by atoms with Crippen LogP contribution in [0.5, 0.6) is 0 Å². The topological polar surface area (TPSA) is 48.1 Å². The zero-order valence-corrected chi connectivity index (χ0v) is 21.2. The van der Waals surface area contributed by atoms with E-state index in [1.54, 1.807) is 12.2 Å². The lowest BCUT2D eigenvalue weighted by molar-refractivity contribution is -0.134. The summed E-state index contributed by atoms with van der Waals surface area (Å²) in [4.78, 5) is 11.2. The third kappa shape index (κ3) is 5.80. The van der Waals surface area contributed by atoms with Gasteiger partial charge in [0.15, 0.2) is 0 Å². The fourth-order valence-corrected chi connectivity index (χ4v) is 8.75. The maximum Gasteiger partial charge on any atom is 0.330 e. The fourth-order valence-electron chi connectivity index (χ4n) is 4.02. The molecule has 174 valence electrons. The van der Waals surface area contributed by atoms with Gasteiger partial charge in [-0.15, -0.1) is 0 Å². The Balaban J connectivity index is 2.01. The first-order valence-electron chi connectivity index (χ1n) is 11.3. The summed E-state index contributed by atoms with van der Waals surface area (Å²) in [5.41, 5.74) is -0.362. The minimum absolute atomic E-state index is 0.119. The number of carbonyl (C=O) groups excluding carboxylic acids is 1. The van der Waals surface area contributed by atoms with E-state index in [-0.39, 0.29) is 22.7 Å². The summed E-state index contributed by atoms with van der Waals surface area (Å²) in [6.45, 7) is 9.57. The number of carbonyl (C=O) groups is 1. The number of methoxy groups -OCH3 is 1. The number of hydrogen-bond acceptors (Lipinski definition) is 4. The maximum absolute atomic E-state index is 11.2. The number of hydrogen-bond donors (Lipinski definition) is 0. The molecule has 1 aliphatic rings. The highest BCUT2D eigenvalue weighted by Crippen LogP contribution is 2.41. The molecular formula is C28H34O4Si. The summed E-state index contributed by atoms with van der Waals surface area (Å²) >= 11 is 0. The number of benzene rings is 2. The van der Waals surface area contributed by atoms with Crippen LogP contribution in [0.1, 0.15) is 27.7 Å².